The lowest BCUT2D eigenvalue weighted by molar-refractivity contribution is -0.438. The molecule has 0 N–H and O–H groups in total. The summed E-state index contributed by atoms with van der Waals surface area (Å²) >= 11 is 0. The molecular formula is C8H4F14O. The van der Waals surface area contributed by atoms with Gasteiger partial charge in [-0.1, -0.05) is 0 Å². The van der Waals surface area contributed by atoms with E-state index < -0.39 is 42.1 Å². The average Bonchev–Trinajstić information content (AvgIpc) is 2.24. The average molecular weight is 382 g/mol. The highest BCUT2D eigenvalue weighted by molar-refractivity contribution is 5.09. The van der Waals surface area contributed by atoms with Gasteiger partial charge in [-0.3, -0.25) is 0 Å². The molecule has 0 rings (SSSR count). The number of methoxy groups -OCH3 is 1. The van der Waals surface area contributed by atoms with Crippen molar-refractivity contribution in [2.45, 2.75) is 42.1 Å². The Balaban J connectivity index is 6.24. The summed E-state index contributed by atoms with van der Waals surface area (Å²) in [6, 6.07) is 0. The largest absolute Gasteiger partial charge is 0.460 e. The molecule has 0 bridgehead atoms. The molecule has 23 heavy (non-hydrogen) atoms. The van der Waals surface area contributed by atoms with Crippen LogP contribution in [0.3, 0.4) is 0 Å². The van der Waals surface area contributed by atoms with Crippen LogP contribution in [0.25, 0.3) is 0 Å². The number of halogens is 14. The number of hydrogen-bond donors (Lipinski definition) is 0. The van der Waals surface area contributed by atoms with Gasteiger partial charge in [0.25, 0.3) is 0 Å². The Labute approximate surface area is 117 Å². The molecule has 0 aromatic rings. The summed E-state index contributed by atoms with van der Waals surface area (Å²) in [7, 11) is -0.317. The molecular weight excluding hydrogens is 378 g/mol. The Bertz CT molecular complexity index is 417. The van der Waals surface area contributed by atoms with Crippen LogP contribution in [0, 0.1) is 0 Å². The molecule has 0 aliphatic rings. The van der Waals surface area contributed by atoms with Gasteiger partial charge in [-0.2, -0.15) is 61.5 Å². The maximum Gasteiger partial charge on any atom is 0.460 e. The Hall–Kier alpha value is -1.02. The molecule has 1 atom stereocenters. The van der Waals surface area contributed by atoms with E-state index in [9.17, 15) is 61.5 Å². The summed E-state index contributed by atoms with van der Waals surface area (Å²) in [5.41, 5.74) is 0. The zero-order valence-electron chi connectivity index (χ0n) is 10.3. The molecule has 0 fully saturated rings. The molecule has 0 aromatic carbocycles. The van der Waals surface area contributed by atoms with Gasteiger partial charge in [-0.05, 0) is 0 Å². The maximum absolute atomic E-state index is 13.0. The lowest BCUT2D eigenvalue weighted by Gasteiger charge is -2.39. The lowest BCUT2D eigenvalue weighted by Crippen LogP contribution is -2.70. The second-order valence-corrected chi connectivity index (χ2v) is 4.00. The molecule has 140 valence electrons. The number of hydrogen-bond acceptors (Lipinski definition) is 1. The first-order valence-electron chi connectivity index (χ1n) is 4.87. The number of alkyl halides is 14. The fourth-order valence-electron chi connectivity index (χ4n) is 1.24. The topological polar surface area (TPSA) is 9.23 Å². The smallest absolute Gasteiger partial charge is 0.366 e. The molecule has 0 radical (unpaired) electrons. The van der Waals surface area contributed by atoms with E-state index >= 15 is 0 Å². The Morgan fingerprint density at radius 1 is 0.565 bits per heavy atom. The van der Waals surface area contributed by atoms with E-state index in [1.807, 2.05) is 0 Å². The van der Waals surface area contributed by atoms with E-state index in [2.05, 4.69) is 4.74 Å². The molecule has 1 unspecified atom stereocenters. The van der Waals surface area contributed by atoms with Gasteiger partial charge in [0.05, 0.1) is 0 Å². The first kappa shape index (κ1) is 22.0. The second-order valence-electron chi connectivity index (χ2n) is 4.00. The van der Waals surface area contributed by atoms with Crippen molar-refractivity contribution in [1.29, 1.82) is 0 Å². The molecule has 1 nitrogen and oxygen atoms in total. The normalized spacial score (nSPS) is 17.3. The van der Waals surface area contributed by atoms with Crippen LogP contribution in [0.2, 0.25) is 0 Å². The standard InChI is InChI=1S/C8H4F14O/c1-23-2(4(11,12)13)3(9,10)5(14,15)6(16,17)7(18,19)8(20,21)22/h2H,1H3. The summed E-state index contributed by atoms with van der Waals surface area (Å²) in [6.45, 7) is 0. The summed E-state index contributed by atoms with van der Waals surface area (Å²) in [5.74, 6) is -30.6. The fourth-order valence-corrected chi connectivity index (χ4v) is 1.24. The van der Waals surface area contributed by atoms with Gasteiger partial charge in [0.15, 0.2) is 0 Å². The highest BCUT2D eigenvalue weighted by Gasteiger charge is 2.89. The molecule has 0 saturated carbocycles. The van der Waals surface area contributed by atoms with Crippen LogP contribution in [-0.4, -0.2) is 49.3 Å². The van der Waals surface area contributed by atoms with Gasteiger partial charge in [0, 0.05) is 7.11 Å². The van der Waals surface area contributed by atoms with Crippen molar-refractivity contribution in [2.75, 3.05) is 7.11 Å². The third kappa shape index (κ3) is 3.15. The van der Waals surface area contributed by atoms with E-state index in [0.29, 0.717) is 0 Å². The maximum atomic E-state index is 13.0. The van der Waals surface area contributed by atoms with E-state index in [1.165, 1.54) is 0 Å². The Kier molecular flexibility index (Phi) is 5.27. The Morgan fingerprint density at radius 3 is 1.13 bits per heavy atom. The fraction of sp³-hybridized carbons (Fsp3) is 1.00. The molecule has 0 spiro atoms. The third-order valence-corrected chi connectivity index (χ3v) is 2.43. The number of ether oxygens (including phenoxy) is 1. The van der Waals surface area contributed by atoms with Crippen molar-refractivity contribution < 1.29 is 66.2 Å². The SMILES string of the molecule is COC(C(F)(F)F)C(F)(F)C(F)(F)C(F)(F)C(F)(F)C(F)(F)F. The van der Waals surface area contributed by atoms with Gasteiger partial charge in [-0.15, -0.1) is 0 Å². The van der Waals surface area contributed by atoms with Crippen molar-refractivity contribution in [3.63, 3.8) is 0 Å². The molecule has 0 aliphatic carbocycles. The van der Waals surface area contributed by atoms with Gasteiger partial charge >= 0.3 is 36.0 Å². The number of rotatable bonds is 5. The van der Waals surface area contributed by atoms with Gasteiger partial charge in [-0.25, -0.2) is 0 Å². The summed E-state index contributed by atoms with van der Waals surface area (Å²) in [6.07, 6.45) is -19.0. The third-order valence-electron chi connectivity index (χ3n) is 2.43. The van der Waals surface area contributed by atoms with E-state index in [1.54, 1.807) is 0 Å². The van der Waals surface area contributed by atoms with Gasteiger partial charge < -0.3 is 4.74 Å². The minimum absolute atomic E-state index is 0.317. The summed E-state index contributed by atoms with van der Waals surface area (Å²) in [5, 5.41) is 0. The highest BCUT2D eigenvalue weighted by Crippen LogP contribution is 2.59. The molecule has 0 aromatic heterocycles. The first-order valence-corrected chi connectivity index (χ1v) is 4.87. The minimum atomic E-state index is -7.91. The zero-order chi connectivity index (χ0) is 19.3. The Morgan fingerprint density at radius 2 is 0.913 bits per heavy atom. The van der Waals surface area contributed by atoms with Crippen LogP contribution in [-0.2, 0) is 4.74 Å². The zero-order valence-corrected chi connectivity index (χ0v) is 10.3. The highest BCUT2D eigenvalue weighted by atomic mass is 19.4. The first-order chi connectivity index (χ1) is 9.69. The lowest BCUT2D eigenvalue weighted by atomic mass is 9.94. The summed E-state index contributed by atoms with van der Waals surface area (Å²) < 4.78 is 176. The van der Waals surface area contributed by atoms with Crippen LogP contribution in [0.4, 0.5) is 61.5 Å². The van der Waals surface area contributed by atoms with E-state index in [-0.39, 0.29) is 7.11 Å². The molecule has 0 amide bonds. The predicted octanol–water partition coefficient (Wildman–Crippen LogP) is 4.67. The summed E-state index contributed by atoms with van der Waals surface area (Å²) in [4.78, 5) is 0. The van der Waals surface area contributed by atoms with Crippen molar-refractivity contribution in [1.82, 2.24) is 0 Å². The van der Waals surface area contributed by atoms with Crippen molar-refractivity contribution in [3.8, 4) is 0 Å². The molecule has 0 heterocycles. The van der Waals surface area contributed by atoms with E-state index in [0.717, 1.165) is 0 Å². The van der Waals surface area contributed by atoms with Crippen LogP contribution in [0.5, 0.6) is 0 Å². The quantitative estimate of drug-likeness (QED) is 0.629. The van der Waals surface area contributed by atoms with Gasteiger partial charge in [0.2, 0.25) is 6.10 Å². The van der Waals surface area contributed by atoms with E-state index in [4.69, 9.17) is 0 Å². The van der Waals surface area contributed by atoms with Crippen LogP contribution in [0.15, 0.2) is 0 Å². The van der Waals surface area contributed by atoms with Crippen molar-refractivity contribution in [3.05, 3.63) is 0 Å². The molecule has 15 heteroatoms. The van der Waals surface area contributed by atoms with Crippen molar-refractivity contribution >= 4 is 0 Å². The van der Waals surface area contributed by atoms with Gasteiger partial charge in [0.1, 0.15) is 0 Å². The minimum Gasteiger partial charge on any atom is -0.366 e. The van der Waals surface area contributed by atoms with Crippen LogP contribution < -0.4 is 0 Å². The molecule has 0 aliphatic heterocycles. The van der Waals surface area contributed by atoms with Crippen LogP contribution in [0.1, 0.15) is 0 Å². The second kappa shape index (κ2) is 5.51. The van der Waals surface area contributed by atoms with Crippen molar-refractivity contribution in [2.24, 2.45) is 0 Å². The monoisotopic (exact) mass is 382 g/mol. The molecule has 0 saturated heterocycles. The van der Waals surface area contributed by atoms with Crippen LogP contribution >= 0.6 is 0 Å². The predicted molar refractivity (Wildman–Crippen MR) is 42.7 cm³/mol.